The first-order valence-electron chi connectivity index (χ1n) is 7.04. The zero-order chi connectivity index (χ0) is 17.5. The van der Waals surface area contributed by atoms with Crippen LogP contribution in [0.4, 0.5) is 5.69 Å². The topological polar surface area (TPSA) is 84.3 Å². The van der Waals surface area contributed by atoms with E-state index in [4.69, 9.17) is 23.8 Å². The Bertz CT molecular complexity index is 768. The Balaban J connectivity index is 1.88. The number of hydrogen-bond donors (Lipinski definition) is 2. The number of nitro groups is 1. The summed E-state index contributed by atoms with van der Waals surface area (Å²) in [5, 5.41) is 16.4. The molecule has 0 aliphatic rings. The van der Waals surface area contributed by atoms with Gasteiger partial charge in [-0.2, -0.15) is 0 Å². The summed E-state index contributed by atoms with van der Waals surface area (Å²) in [5.41, 5.74) is 0.929. The molecule has 8 heteroatoms. The van der Waals surface area contributed by atoms with Gasteiger partial charge >= 0.3 is 0 Å². The number of rotatable bonds is 5. The van der Waals surface area contributed by atoms with E-state index in [2.05, 4.69) is 10.6 Å². The molecule has 0 saturated carbocycles. The van der Waals surface area contributed by atoms with Crippen LogP contribution in [0.2, 0.25) is 5.02 Å². The molecule has 0 heterocycles. The van der Waals surface area contributed by atoms with Gasteiger partial charge in [0.05, 0.1) is 4.92 Å². The molecule has 0 radical (unpaired) electrons. The zero-order valence-corrected chi connectivity index (χ0v) is 14.1. The fourth-order valence-corrected chi connectivity index (χ4v) is 2.36. The summed E-state index contributed by atoms with van der Waals surface area (Å²) in [6.45, 7) is 0.559. The second-order valence-electron chi connectivity index (χ2n) is 4.87. The van der Waals surface area contributed by atoms with E-state index in [0.29, 0.717) is 6.54 Å². The zero-order valence-electron chi connectivity index (χ0n) is 12.5. The van der Waals surface area contributed by atoms with Gasteiger partial charge in [0.1, 0.15) is 5.02 Å². The Kier molecular flexibility index (Phi) is 6.22. The van der Waals surface area contributed by atoms with Crippen LogP contribution >= 0.6 is 23.8 Å². The van der Waals surface area contributed by atoms with Crippen molar-refractivity contribution < 1.29 is 9.72 Å². The minimum Gasteiger partial charge on any atom is -0.362 e. The monoisotopic (exact) mass is 363 g/mol. The number of nitrogens with one attached hydrogen (secondary N) is 2. The Morgan fingerprint density at radius 2 is 1.92 bits per heavy atom. The highest BCUT2D eigenvalue weighted by Gasteiger charge is 2.16. The molecule has 0 aromatic heterocycles. The first kappa shape index (κ1) is 17.8. The number of carbonyl (C=O) groups excluding carboxylic acids is 1. The maximum Gasteiger partial charge on any atom is 0.288 e. The van der Waals surface area contributed by atoms with Crippen molar-refractivity contribution in [2.75, 3.05) is 6.54 Å². The van der Waals surface area contributed by atoms with E-state index in [1.807, 2.05) is 30.3 Å². The number of nitro benzene ring substituents is 1. The van der Waals surface area contributed by atoms with Gasteiger partial charge in [0, 0.05) is 18.2 Å². The van der Waals surface area contributed by atoms with Crippen molar-refractivity contribution in [1.29, 1.82) is 0 Å². The van der Waals surface area contributed by atoms with E-state index in [1.54, 1.807) is 0 Å². The van der Waals surface area contributed by atoms with E-state index in [1.165, 1.54) is 12.1 Å². The molecule has 0 atom stereocenters. The first-order chi connectivity index (χ1) is 11.5. The van der Waals surface area contributed by atoms with Crippen LogP contribution in [0.25, 0.3) is 0 Å². The fraction of sp³-hybridized carbons (Fsp3) is 0.125. The molecule has 2 aromatic carbocycles. The molecule has 0 unspecified atom stereocenters. The number of amides is 1. The van der Waals surface area contributed by atoms with Crippen molar-refractivity contribution in [3.05, 3.63) is 74.8 Å². The molecule has 0 fully saturated rings. The lowest BCUT2D eigenvalue weighted by Gasteiger charge is -2.09. The highest BCUT2D eigenvalue weighted by atomic mass is 35.5. The fourth-order valence-electron chi connectivity index (χ4n) is 1.98. The summed E-state index contributed by atoms with van der Waals surface area (Å²) in [5.74, 6) is -0.535. The SMILES string of the molecule is O=C(NC(=S)NCCc1ccccc1)c1ccc(Cl)c([N+](=O)[O-])c1. The highest BCUT2D eigenvalue weighted by molar-refractivity contribution is 7.80. The van der Waals surface area contributed by atoms with Gasteiger partial charge in [0.25, 0.3) is 11.6 Å². The molecule has 6 nitrogen and oxygen atoms in total. The summed E-state index contributed by atoms with van der Waals surface area (Å²) >= 11 is 10.8. The van der Waals surface area contributed by atoms with Crippen LogP contribution in [-0.4, -0.2) is 22.5 Å². The predicted molar refractivity (Wildman–Crippen MR) is 96.3 cm³/mol. The third-order valence-corrected chi connectivity index (χ3v) is 3.74. The molecule has 0 saturated heterocycles. The minimum atomic E-state index is -0.643. The highest BCUT2D eigenvalue weighted by Crippen LogP contribution is 2.24. The Labute approximate surface area is 149 Å². The predicted octanol–water partition coefficient (Wildman–Crippen LogP) is 3.10. The van der Waals surface area contributed by atoms with E-state index in [0.717, 1.165) is 18.1 Å². The average Bonchev–Trinajstić information content (AvgIpc) is 2.55. The van der Waals surface area contributed by atoms with Gasteiger partial charge < -0.3 is 5.32 Å². The Morgan fingerprint density at radius 1 is 1.21 bits per heavy atom. The maximum atomic E-state index is 12.1. The normalized spacial score (nSPS) is 10.0. The van der Waals surface area contributed by atoms with Gasteiger partial charge in [0.2, 0.25) is 0 Å². The molecule has 1 amide bonds. The number of hydrogen-bond acceptors (Lipinski definition) is 4. The quantitative estimate of drug-likeness (QED) is 0.484. The van der Waals surface area contributed by atoms with Crippen molar-refractivity contribution in [3.63, 3.8) is 0 Å². The summed E-state index contributed by atoms with van der Waals surface area (Å²) < 4.78 is 0. The first-order valence-corrected chi connectivity index (χ1v) is 7.83. The van der Waals surface area contributed by atoms with Gasteiger partial charge in [-0.3, -0.25) is 20.2 Å². The van der Waals surface area contributed by atoms with Crippen LogP contribution in [0.1, 0.15) is 15.9 Å². The van der Waals surface area contributed by atoms with E-state index in [-0.39, 0.29) is 21.4 Å². The lowest BCUT2D eigenvalue weighted by atomic mass is 10.1. The lowest BCUT2D eigenvalue weighted by molar-refractivity contribution is -0.384. The second kappa shape index (κ2) is 8.37. The van der Waals surface area contributed by atoms with E-state index < -0.39 is 10.8 Å². The van der Waals surface area contributed by atoms with Crippen molar-refractivity contribution in [1.82, 2.24) is 10.6 Å². The smallest absolute Gasteiger partial charge is 0.288 e. The lowest BCUT2D eigenvalue weighted by Crippen LogP contribution is -2.40. The third-order valence-electron chi connectivity index (χ3n) is 3.17. The van der Waals surface area contributed by atoms with Crippen LogP contribution in [0, 0.1) is 10.1 Å². The molecule has 0 aliphatic heterocycles. The number of nitrogens with zero attached hydrogens (tertiary/aromatic N) is 1. The molecule has 2 aromatic rings. The van der Waals surface area contributed by atoms with Crippen LogP contribution in [0.5, 0.6) is 0 Å². The van der Waals surface area contributed by atoms with Crippen molar-refractivity contribution in [2.45, 2.75) is 6.42 Å². The van der Waals surface area contributed by atoms with Crippen molar-refractivity contribution in [3.8, 4) is 0 Å². The Hall–Kier alpha value is -2.51. The van der Waals surface area contributed by atoms with E-state index in [9.17, 15) is 14.9 Å². The minimum absolute atomic E-state index is 0.0277. The maximum absolute atomic E-state index is 12.1. The Morgan fingerprint density at radius 3 is 2.58 bits per heavy atom. The van der Waals surface area contributed by atoms with Crippen molar-refractivity contribution >= 4 is 40.5 Å². The molecule has 0 aliphatic carbocycles. The van der Waals surface area contributed by atoms with Gasteiger partial charge in [-0.05, 0) is 36.3 Å². The molecule has 0 bridgehead atoms. The van der Waals surface area contributed by atoms with Crippen molar-refractivity contribution in [2.24, 2.45) is 0 Å². The molecule has 0 spiro atoms. The van der Waals surface area contributed by atoms with Gasteiger partial charge in [0.15, 0.2) is 5.11 Å². The van der Waals surface area contributed by atoms with Gasteiger partial charge in [-0.25, -0.2) is 0 Å². The third kappa shape index (κ3) is 5.00. The number of benzene rings is 2. The molecule has 2 N–H and O–H groups in total. The van der Waals surface area contributed by atoms with Crippen LogP contribution in [0.3, 0.4) is 0 Å². The number of halogens is 1. The number of carbonyl (C=O) groups is 1. The summed E-state index contributed by atoms with van der Waals surface area (Å²) in [4.78, 5) is 22.3. The second-order valence-corrected chi connectivity index (χ2v) is 5.68. The summed E-state index contributed by atoms with van der Waals surface area (Å²) in [6, 6.07) is 13.6. The van der Waals surface area contributed by atoms with Gasteiger partial charge in [-0.15, -0.1) is 0 Å². The molecule has 24 heavy (non-hydrogen) atoms. The molecule has 124 valence electrons. The number of thiocarbonyl (C=S) groups is 1. The van der Waals surface area contributed by atoms with Crippen LogP contribution in [-0.2, 0) is 6.42 Å². The van der Waals surface area contributed by atoms with Crippen LogP contribution in [0.15, 0.2) is 48.5 Å². The van der Waals surface area contributed by atoms with Crippen LogP contribution < -0.4 is 10.6 Å². The average molecular weight is 364 g/mol. The summed E-state index contributed by atoms with van der Waals surface area (Å²) in [7, 11) is 0. The van der Waals surface area contributed by atoms with E-state index >= 15 is 0 Å². The molecular weight excluding hydrogens is 350 g/mol. The molecule has 2 rings (SSSR count). The standard InChI is InChI=1S/C16H14ClN3O3S/c17-13-7-6-12(10-14(13)20(22)23)15(21)19-16(24)18-9-8-11-4-2-1-3-5-11/h1-7,10H,8-9H2,(H2,18,19,21,24). The summed E-state index contributed by atoms with van der Waals surface area (Å²) in [6.07, 6.45) is 0.753. The molecular formula is C16H14ClN3O3S. The largest absolute Gasteiger partial charge is 0.362 e. The van der Waals surface area contributed by atoms with Gasteiger partial charge in [-0.1, -0.05) is 41.9 Å².